The van der Waals surface area contributed by atoms with Crippen LogP contribution in [0.25, 0.3) is 0 Å². The average Bonchev–Trinajstić information content (AvgIpc) is 3.30. The van der Waals surface area contributed by atoms with Crippen molar-refractivity contribution in [1.82, 2.24) is 0 Å². The first-order valence-corrected chi connectivity index (χ1v) is 29.0. The van der Waals surface area contributed by atoms with Crippen LogP contribution in [-0.4, -0.2) is 43.8 Å². The minimum absolute atomic E-state index is 0.0554. The molecular weight excluding hydrogens is 649 g/mol. The van der Waals surface area contributed by atoms with Gasteiger partial charge in [-0.3, -0.25) is 0 Å². The molecule has 0 radical (unpaired) electrons. The largest absolute Gasteiger partial charge is 0.417 e. The van der Waals surface area contributed by atoms with Gasteiger partial charge in [0.1, 0.15) is 0 Å². The van der Waals surface area contributed by atoms with Gasteiger partial charge in [0.15, 0.2) is 25.0 Å². The predicted molar refractivity (Wildman–Crippen MR) is 223 cm³/mol. The first-order chi connectivity index (χ1) is 22.2. The summed E-state index contributed by atoms with van der Waals surface area (Å²) < 4.78 is 21.5. The molecule has 3 aliphatic carbocycles. The van der Waals surface area contributed by atoms with Crippen molar-refractivity contribution in [1.29, 1.82) is 0 Å². The van der Waals surface area contributed by atoms with E-state index in [4.69, 9.17) is 13.3 Å². The quantitative estimate of drug-likeness (QED) is 0.120. The van der Waals surface area contributed by atoms with Gasteiger partial charge in [0, 0.05) is 6.61 Å². The molecular formula is C43H82O3Si3. The fourth-order valence-electron chi connectivity index (χ4n) is 8.17. The van der Waals surface area contributed by atoms with E-state index in [1.165, 1.54) is 49.7 Å². The third kappa shape index (κ3) is 10.0. The van der Waals surface area contributed by atoms with Crippen LogP contribution in [0.5, 0.6) is 0 Å². The Balaban J connectivity index is 2.03. The monoisotopic (exact) mass is 731 g/mol. The molecule has 0 spiro atoms. The van der Waals surface area contributed by atoms with Gasteiger partial charge in [-0.25, -0.2) is 0 Å². The van der Waals surface area contributed by atoms with Crippen LogP contribution in [-0.2, 0) is 13.3 Å². The van der Waals surface area contributed by atoms with Gasteiger partial charge in [-0.05, 0) is 135 Å². The summed E-state index contributed by atoms with van der Waals surface area (Å²) >= 11 is 0. The number of hydrogen-bond donors (Lipinski definition) is 0. The standard InChI is InChI=1S/C43H82O3Si3/c1-19-32(2)36-26-27-37-34(22-20-28-43(36,37)12)25-24-33-30-38(45-48(15,16)41(6,7)8)35(23-21-29-44-47(13,14)40(3,4)5)39(31-33)46-49(17,18)42(9,10)11/h23-25,32,36-39H,19-22,26-31H2,1-18H3/b33-24?,34-25+,35-23?/t32-,36?,37?,38-,39+,43-/m1/s1. The van der Waals surface area contributed by atoms with Crippen molar-refractivity contribution >= 4 is 25.0 Å². The highest BCUT2D eigenvalue weighted by Crippen LogP contribution is 2.60. The normalized spacial score (nSPS) is 31.1. The summed E-state index contributed by atoms with van der Waals surface area (Å²) in [5, 5.41) is 0.498. The minimum Gasteiger partial charge on any atom is -0.417 e. The van der Waals surface area contributed by atoms with Gasteiger partial charge in [0.2, 0.25) is 0 Å². The maximum atomic E-state index is 7.41. The van der Waals surface area contributed by atoms with Gasteiger partial charge in [-0.2, -0.15) is 0 Å². The zero-order valence-corrected chi connectivity index (χ0v) is 38.9. The SMILES string of the molecule is CC[C@@H](C)C1CCC2/C(=C/C=C3C[C@H](O[Si](C)(C)C(C)(C)C)C(=CCCO[Si](C)(C)C(C)(C)C)[C@H](O[Si](C)(C)C(C)(C)C)C3)CCC[C@@]21C. The van der Waals surface area contributed by atoms with Crippen LogP contribution in [0.4, 0.5) is 0 Å². The van der Waals surface area contributed by atoms with E-state index in [2.05, 4.69) is 141 Å². The average molecular weight is 731 g/mol. The summed E-state index contributed by atoms with van der Waals surface area (Å²) in [6.07, 6.45) is 18.7. The minimum atomic E-state index is -2.05. The van der Waals surface area contributed by atoms with E-state index in [-0.39, 0.29) is 27.3 Å². The molecule has 0 N–H and O–H groups in total. The van der Waals surface area contributed by atoms with Crippen LogP contribution in [0, 0.1) is 23.2 Å². The molecule has 2 unspecified atom stereocenters. The fourth-order valence-corrected chi connectivity index (χ4v) is 11.8. The fraction of sp³-hybridized carbons (Fsp3) is 0.860. The Morgan fingerprint density at radius 2 is 1.29 bits per heavy atom. The third-order valence-electron chi connectivity index (χ3n) is 14.8. The first-order valence-electron chi connectivity index (χ1n) is 20.2. The molecule has 0 bridgehead atoms. The zero-order valence-electron chi connectivity index (χ0n) is 35.9. The zero-order chi connectivity index (χ0) is 37.4. The highest BCUT2D eigenvalue weighted by molar-refractivity contribution is 6.75. The van der Waals surface area contributed by atoms with Crippen LogP contribution in [0.2, 0.25) is 54.4 Å². The summed E-state index contributed by atoms with van der Waals surface area (Å²) in [5.41, 5.74) is 5.09. The van der Waals surface area contributed by atoms with Crippen LogP contribution >= 0.6 is 0 Å². The maximum absolute atomic E-state index is 7.41. The van der Waals surface area contributed by atoms with Gasteiger partial charge in [-0.15, -0.1) is 0 Å². The van der Waals surface area contributed by atoms with Crippen molar-refractivity contribution in [3.63, 3.8) is 0 Å². The molecule has 3 aliphatic rings. The Morgan fingerprint density at radius 1 is 0.776 bits per heavy atom. The summed E-state index contributed by atoms with van der Waals surface area (Å²) in [6.45, 7) is 44.0. The van der Waals surface area contributed by atoms with Crippen molar-refractivity contribution in [3.05, 3.63) is 34.9 Å². The Bertz CT molecular complexity index is 1160. The second kappa shape index (κ2) is 15.6. The lowest BCUT2D eigenvalue weighted by Gasteiger charge is -2.46. The second-order valence-corrected chi connectivity index (χ2v) is 35.6. The molecule has 3 nitrogen and oxygen atoms in total. The van der Waals surface area contributed by atoms with Gasteiger partial charge in [0.05, 0.1) is 12.2 Å². The molecule has 3 rings (SSSR count). The summed E-state index contributed by atoms with van der Waals surface area (Å²) in [6, 6.07) is 0. The predicted octanol–water partition coefficient (Wildman–Crippen LogP) is 14.0. The second-order valence-electron chi connectivity index (χ2n) is 21.3. The Hall–Kier alpha value is -0.249. The highest BCUT2D eigenvalue weighted by atomic mass is 28.4. The molecule has 0 saturated heterocycles. The van der Waals surface area contributed by atoms with Crippen LogP contribution in [0.15, 0.2) is 34.9 Å². The van der Waals surface area contributed by atoms with Crippen molar-refractivity contribution < 1.29 is 13.3 Å². The Labute approximate surface area is 309 Å². The number of rotatable bonds is 11. The Morgan fingerprint density at radius 3 is 1.76 bits per heavy atom. The molecule has 284 valence electrons. The molecule has 6 atom stereocenters. The molecule has 0 amide bonds. The van der Waals surface area contributed by atoms with E-state index in [0.717, 1.165) is 43.6 Å². The van der Waals surface area contributed by atoms with E-state index < -0.39 is 25.0 Å². The van der Waals surface area contributed by atoms with Crippen LogP contribution in [0.3, 0.4) is 0 Å². The van der Waals surface area contributed by atoms with E-state index in [1.54, 1.807) is 5.57 Å². The molecule has 6 heteroatoms. The molecule has 49 heavy (non-hydrogen) atoms. The van der Waals surface area contributed by atoms with Crippen molar-refractivity contribution in [3.8, 4) is 0 Å². The summed E-state index contributed by atoms with van der Waals surface area (Å²) in [4.78, 5) is 0. The van der Waals surface area contributed by atoms with Crippen molar-refractivity contribution in [2.45, 2.75) is 207 Å². The van der Waals surface area contributed by atoms with Crippen molar-refractivity contribution in [2.75, 3.05) is 6.61 Å². The first kappa shape index (κ1) is 43.2. The summed E-state index contributed by atoms with van der Waals surface area (Å²) in [5.74, 6) is 2.44. The van der Waals surface area contributed by atoms with Gasteiger partial charge in [0.25, 0.3) is 0 Å². The number of allylic oxidation sites excluding steroid dienone is 3. The smallest absolute Gasteiger partial charge is 0.192 e. The Kier molecular flexibility index (Phi) is 13.8. The number of hydrogen-bond acceptors (Lipinski definition) is 3. The summed E-state index contributed by atoms with van der Waals surface area (Å²) in [7, 11) is -5.91. The lowest BCUT2D eigenvalue weighted by Crippen LogP contribution is -2.50. The topological polar surface area (TPSA) is 27.7 Å². The molecule has 0 heterocycles. The van der Waals surface area contributed by atoms with Gasteiger partial charge in [-0.1, -0.05) is 119 Å². The highest BCUT2D eigenvalue weighted by Gasteiger charge is 2.50. The van der Waals surface area contributed by atoms with E-state index >= 15 is 0 Å². The van der Waals surface area contributed by atoms with Crippen LogP contribution < -0.4 is 0 Å². The molecule has 0 aromatic heterocycles. The lowest BCUT2D eigenvalue weighted by molar-refractivity contribution is 0.0961. The third-order valence-corrected chi connectivity index (χ3v) is 28.3. The van der Waals surface area contributed by atoms with Gasteiger partial charge >= 0.3 is 0 Å². The van der Waals surface area contributed by atoms with Crippen molar-refractivity contribution in [2.24, 2.45) is 23.2 Å². The van der Waals surface area contributed by atoms with Crippen LogP contribution in [0.1, 0.15) is 141 Å². The molecule has 3 fully saturated rings. The lowest BCUT2D eigenvalue weighted by atomic mass is 9.61. The maximum Gasteiger partial charge on any atom is 0.192 e. The number of fused-ring (bicyclic) bond motifs is 1. The van der Waals surface area contributed by atoms with E-state index in [1.807, 2.05) is 0 Å². The molecule has 0 aliphatic heterocycles. The van der Waals surface area contributed by atoms with E-state index in [9.17, 15) is 0 Å². The molecule has 0 aromatic carbocycles. The van der Waals surface area contributed by atoms with Gasteiger partial charge < -0.3 is 13.3 Å². The molecule has 0 aromatic rings. The molecule has 3 saturated carbocycles. The van der Waals surface area contributed by atoms with E-state index in [0.29, 0.717) is 5.41 Å².